The Morgan fingerprint density at radius 3 is 2.57 bits per heavy atom. The SMILES string of the molecule is Cl.N#Cc1ccnc(Nc2cc(C3CC3)cc(-c3ccc(N4CC(O)C4)nc3)n2)c1. The van der Waals surface area contributed by atoms with E-state index in [1.807, 2.05) is 23.2 Å². The first-order valence-corrected chi connectivity index (χ1v) is 9.72. The molecule has 1 aliphatic heterocycles. The van der Waals surface area contributed by atoms with Crippen LogP contribution in [0.3, 0.4) is 0 Å². The van der Waals surface area contributed by atoms with Gasteiger partial charge in [-0.25, -0.2) is 15.0 Å². The lowest BCUT2D eigenvalue weighted by atomic mass is 10.1. The van der Waals surface area contributed by atoms with Crippen molar-refractivity contribution in [3.63, 3.8) is 0 Å². The Morgan fingerprint density at radius 2 is 1.90 bits per heavy atom. The highest BCUT2D eigenvalue weighted by Crippen LogP contribution is 2.42. The molecule has 152 valence electrons. The number of aliphatic hydroxyl groups excluding tert-OH is 1. The number of hydrogen-bond acceptors (Lipinski definition) is 7. The highest BCUT2D eigenvalue weighted by atomic mass is 35.5. The molecule has 7 nitrogen and oxygen atoms in total. The summed E-state index contributed by atoms with van der Waals surface area (Å²) in [6, 6.07) is 13.7. The van der Waals surface area contributed by atoms with E-state index in [4.69, 9.17) is 10.2 Å². The molecule has 8 heteroatoms. The molecular weight excluding hydrogens is 400 g/mol. The van der Waals surface area contributed by atoms with Crippen LogP contribution in [0, 0.1) is 11.3 Å². The summed E-state index contributed by atoms with van der Waals surface area (Å²) in [4.78, 5) is 15.6. The van der Waals surface area contributed by atoms with E-state index in [1.165, 1.54) is 18.4 Å². The summed E-state index contributed by atoms with van der Waals surface area (Å²) in [5.74, 6) is 2.75. The quantitative estimate of drug-likeness (QED) is 0.650. The van der Waals surface area contributed by atoms with Gasteiger partial charge in [-0.15, -0.1) is 12.4 Å². The van der Waals surface area contributed by atoms with E-state index in [-0.39, 0.29) is 18.5 Å². The van der Waals surface area contributed by atoms with Crippen molar-refractivity contribution >= 4 is 29.9 Å². The summed E-state index contributed by atoms with van der Waals surface area (Å²) in [6.45, 7) is 1.26. The summed E-state index contributed by atoms with van der Waals surface area (Å²) in [6.07, 6.45) is 5.58. The molecule has 30 heavy (non-hydrogen) atoms. The number of nitriles is 1. The van der Waals surface area contributed by atoms with Crippen LogP contribution in [0.1, 0.15) is 29.9 Å². The number of pyridine rings is 3. The fourth-order valence-electron chi connectivity index (χ4n) is 3.48. The zero-order valence-corrected chi connectivity index (χ0v) is 17.0. The molecule has 0 unspecified atom stereocenters. The zero-order chi connectivity index (χ0) is 19.8. The van der Waals surface area contributed by atoms with Crippen molar-refractivity contribution in [3.05, 3.63) is 59.9 Å². The third-order valence-corrected chi connectivity index (χ3v) is 5.27. The normalized spacial score (nSPS) is 15.7. The number of anilines is 3. The molecule has 0 radical (unpaired) electrons. The van der Waals surface area contributed by atoms with E-state index in [0.29, 0.717) is 36.2 Å². The molecule has 0 aromatic carbocycles. The van der Waals surface area contributed by atoms with Crippen LogP contribution in [-0.2, 0) is 0 Å². The minimum Gasteiger partial charge on any atom is -0.389 e. The minimum atomic E-state index is -0.254. The number of halogens is 1. The number of rotatable bonds is 5. The van der Waals surface area contributed by atoms with Gasteiger partial charge in [0.1, 0.15) is 17.5 Å². The summed E-state index contributed by atoms with van der Waals surface area (Å²) in [5, 5.41) is 21.8. The molecule has 2 fully saturated rings. The molecule has 5 rings (SSSR count). The maximum absolute atomic E-state index is 9.48. The number of hydrogen-bond donors (Lipinski definition) is 2. The van der Waals surface area contributed by atoms with Crippen LogP contribution in [0.4, 0.5) is 17.5 Å². The van der Waals surface area contributed by atoms with Gasteiger partial charge in [0, 0.05) is 31.0 Å². The van der Waals surface area contributed by atoms with Crippen LogP contribution in [0.5, 0.6) is 0 Å². The Balaban J connectivity index is 0.00000218. The third-order valence-electron chi connectivity index (χ3n) is 5.27. The topological polar surface area (TPSA) is 98.0 Å². The molecular formula is C22H21ClN6O. The second kappa shape index (κ2) is 8.27. The van der Waals surface area contributed by atoms with Gasteiger partial charge in [0.25, 0.3) is 0 Å². The summed E-state index contributed by atoms with van der Waals surface area (Å²) >= 11 is 0. The minimum absolute atomic E-state index is 0. The second-order valence-electron chi connectivity index (χ2n) is 7.58. The van der Waals surface area contributed by atoms with E-state index < -0.39 is 0 Å². The lowest BCUT2D eigenvalue weighted by Crippen LogP contribution is -2.51. The monoisotopic (exact) mass is 420 g/mol. The third kappa shape index (κ3) is 4.20. The highest BCUT2D eigenvalue weighted by Gasteiger charge is 2.26. The average molecular weight is 421 g/mol. The van der Waals surface area contributed by atoms with Gasteiger partial charge in [0.2, 0.25) is 0 Å². The van der Waals surface area contributed by atoms with Crippen molar-refractivity contribution in [2.24, 2.45) is 0 Å². The largest absolute Gasteiger partial charge is 0.389 e. The Bertz CT molecular complexity index is 1090. The van der Waals surface area contributed by atoms with E-state index in [1.54, 1.807) is 18.3 Å². The summed E-state index contributed by atoms with van der Waals surface area (Å²) in [7, 11) is 0. The number of aliphatic hydroxyl groups is 1. The molecule has 1 saturated carbocycles. The van der Waals surface area contributed by atoms with Gasteiger partial charge in [0.15, 0.2) is 0 Å². The molecule has 0 bridgehead atoms. The molecule has 0 atom stereocenters. The summed E-state index contributed by atoms with van der Waals surface area (Å²) < 4.78 is 0. The van der Waals surface area contributed by atoms with Crippen LogP contribution < -0.4 is 10.2 Å². The van der Waals surface area contributed by atoms with Crippen LogP contribution in [0.15, 0.2) is 48.8 Å². The van der Waals surface area contributed by atoms with Crippen LogP contribution in [0.2, 0.25) is 0 Å². The van der Waals surface area contributed by atoms with Gasteiger partial charge < -0.3 is 15.3 Å². The lowest BCUT2D eigenvalue weighted by Gasteiger charge is -2.36. The molecule has 2 N–H and O–H groups in total. The molecule has 0 amide bonds. The molecule has 2 aliphatic rings. The maximum Gasteiger partial charge on any atom is 0.132 e. The Morgan fingerprint density at radius 1 is 1.07 bits per heavy atom. The van der Waals surface area contributed by atoms with Crippen LogP contribution >= 0.6 is 12.4 Å². The van der Waals surface area contributed by atoms with E-state index in [9.17, 15) is 5.11 Å². The van der Waals surface area contributed by atoms with E-state index >= 15 is 0 Å². The number of nitrogens with one attached hydrogen (secondary N) is 1. The van der Waals surface area contributed by atoms with Gasteiger partial charge in [0.05, 0.1) is 23.4 Å². The first-order chi connectivity index (χ1) is 14.2. The smallest absolute Gasteiger partial charge is 0.132 e. The van der Waals surface area contributed by atoms with Gasteiger partial charge >= 0.3 is 0 Å². The maximum atomic E-state index is 9.48. The van der Waals surface area contributed by atoms with Crippen molar-refractivity contribution in [1.29, 1.82) is 5.26 Å². The molecule has 3 aromatic rings. The molecule has 1 saturated heterocycles. The number of β-amino-alcohol motifs (C(OH)–C–C–N with tert-alkyl or cyclic N) is 1. The molecule has 4 heterocycles. The van der Waals surface area contributed by atoms with Crippen molar-refractivity contribution in [2.75, 3.05) is 23.3 Å². The first kappa shape index (κ1) is 20.1. The van der Waals surface area contributed by atoms with Gasteiger partial charge in [-0.05, 0) is 60.7 Å². The van der Waals surface area contributed by atoms with Crippen LogP contribution in [-0.4, -0.2) is 39.3 Å². The number of nitrogens with zero attached hydrogens (tertiary/aromatic N) is 5. The van der Waals surface area contributed by atoms with Gasteiger partial charge in [-0.2, -0.15) is 5.26 Å². The second-order valence-corrected chi connectivity index (χ2v) is 7.58. The molecule has 3 aromatic heterocycles. The van der Waals surface area contributed by atoms with Gasteiger partial charge in [-0.3, -0.25) is 0 Å². The van der Waals surface area contributed by atoms with E-state index in [0.717, 1.165) is 17.1 Å². The van der Waals surface area contributed by atoms with Crippen molar-refractivity contribution < 1.29 is 5.11 Å². The fraction of sp³-hybridized carbons (Fsp3) is 0.273. The predicted octanol–water partition coefficient (Wildman–Crippen LogP) is 3.63. The predicted molar refractivity (Wildman–Crippen MR) is 117 cm³/mol. The highest BCUT2D eigenvalue weighted by molar-refractivity contribution is 5.85. The fourth-order valence-corrected chi connectivity index (χ4v) is 3.48. The van der Waals surface area contributed by atoms with E-state index in [2.05, 4.69) is 33.5 Å². The van der Waals surface area contributed by atoms with Gasteiger partial charge in [-0.1, -0.05) is 0 Å². The van der Waals surface area contributed by atoms with Crippen LogP contribution in [0.25, 0.3) is 11.3 Å². The van der Waals surface area contributed by atoms with Crippen molar-refractivity contribution in [1.82, 2.24) is 15.0 Å². The molecule has 1 aliphatic carbocycles. The van der Waals surface area contributed by atoms with Crippen molar-refractivity contribution in [3.8, 4) is 17.3 Å². The Labute approximate surface area is 180 Å². The Kier molecular flexibility index (Phi) is 5.53. The molecule has 0 spiro atoms. The Hall–Kier alpha value is -3.21. The zero-order valence-electron chi connectivity index (χ0n) is 16.2. The van der Waals surface area contributed by atoms with Crippen molar-refractivity contribution in [2.45, 2.75) is 24.9 Å². The first-order valence-electron chi connectivity index (χ1n) is 9.72. The standard InChI is InChI=1S/C22H20N6O.ClH/c23-10-14-5-6-24-20(7-14)27-21-9-17(15-1-2-15)8-19(26-21)16-3-4-22(25-11-16)28-12-18(29)13-28;/h3-9,11,15,18,29H,1-2,12-13H2,(H,24,26,27);1H. The number of aromatic nitrogens is 3. The summed E-state index contributed by atoms with van der Waals surface area (Å²) in [5.41, 5.74) is 3.61. The average Bonchev–Trinajstić information content (AvgIpc) is 3.57. The lowest BCUT2D eigenvalue weighted by molar-refractivity contribution is 0.141.